The number of benzene rings is 1. The van der Waals surface area contributed by atoms with E-state index >= 15 is 0 Å². The third-order valence-corrected chi connectivity index (χ3v) is 5.08. The van der Waals surface area contributed by atoms with Gasteiger partial charge in [-0.25, -0.2) is 0 Å². The Morgan fingerprint density at radius 3 is 2.88 bits per heavy atom. The van der Waals surface area contributed by atoms with Crippen molar-refractivity contribution >= 4 is 23.2 Å². The number of halogens is 1. The number of rotatable bonds is 5. The fourth-order valence-corrected chi connectivity index (χ4v) is 3.70. The molecule has 1 aromatic rings. The molecule has 2 N–H and O–H groups in total. The lowest BCUT2D eigenvalue weighted by molar-refractivity contribution is 0.343. The van der Waals surface area contributed by atoms with Crippen molar-refractivity contribution in [3.05, 3.63) is 29.3 Å². The number of aliphatic imine (C=N–C) groups is 1. The summed E-state index contributed by atoms with van der Waals surface area (Å²) >= 11 is 6.10. The number of nitrogens with one attached hydrogen (secondary N) is 2. The van der Waals surface area contributed by atoms with Crippen molar-refractivity contribution in [1.29, 1.82) is 0 Å². The predicted molar refractivity (Wildman–Crippen MR) is 102 cm³/mol. The maximum absolute atomic E-state index is 6.10. The predicted octanol–water partition coefficient (Wildman–Crippen LogP) is 2.18. The molecule has 2 saturated heterocycles. The molecule has 24 heavy (non-hydrogen) atoms. The van der Waals surface area contributed by atoms with E-state index < -0.39 is 0 Å². The SMILES string of the molecule is CN=C(NCCN1CCCC1)NC1CCN(c2cccc(Cl)c2)C1. The summed E-state index contributed by atoms with van der Waals surface area (Å²) in [6.45, 7) is 6.55. The van der Waals surface area contributed by atoms with Crippen LogP contribution in [0, 0.1) is 0 Å². The van der Waals surface area contributed by atoms with Crippen LogP contribution in [0.3, 0.4) is 0 Å². The van der Waals surface area contributed by atoms with Crippen LogP contribution >= 0.6 is 11.6 Å². The molecule has 0 radical (unpaired) electrons. The second-order valence-corrected chi connectivity index (χ2v) is 7.04. The summed E-state index contributed by atoms with van der Waals surface area (Å²) in [5, 5.41) is 7.79. The Morgan fingerprint density at radius 1 is 1.29 bits per heavy atom. The van der Waals surface area contributed by atoms with Gasteiger partial charge in [0.2, 0.25) is 0 Å². The summed E-state index contributed by atoms with van der Waals surface area (Å²) < 4.78 is 0. The Kier molecular flexibility index (Phi) is 6.21. The fourth-order valence-electron chi connectivity index (χ4n) is 3.51. The average Bonchev–Trinajstić information content (AvgIpc) is 3.25. The van der Waals surface area contributed by atoms with Gasteiger partial charge in [-0.1, -0.05) is 17.7 Å². The Labute approximate surface area is 150 Å². The van der Waals surface area contributed by atoms with Gasteiger partial charge in [-0.3, -0.25) is 4.99 Å². The monoisotopic (exact) mass is 349 g/mol. The minimum absolute atomic E-state index is 0.418. The highest BCUT2D eigenvalue weighted by molar-refractivity contribution is 6.30. The summed E-state index contributed by atoms with van der Waals surface area (Å²) in [7, 11) is 1.84. The van der Waals surface area contributed by atoms with Crippen molar-refractivity contribution in [2.45, 2.75) is 25.3 Å². The van der Waals surface area contributed by atoms with Crippen molar-refractivity contribution in [3.63, 3.8) is 0 Å². The number of anilines is 1. The van der Waals surface area contributed by atoms with Crippen molar-refractivity contribution in [2.24, 2.45) is 4.99 Å². The molecule has 5 nitrogen and oxygen atoms in total. The second-order valence-electron chi connectivity index (χ2n) is 6.60. The third-order valence-electron chi connectivity index (χ3n) is 4.85. The van der Waals surface area contributed by atoms with Crippen LogP contribution in [0.2, 0.25) is 5.02 Å². The van der Waals surface area contributed by atoms with E-state index in [-0.39, 0.29) is 0 Å². The van der Waals surface area contributed by atoms with E-state index in [0.29, 0.717) is 6.04 Å². The molecule has 1 atom stereocenters. The Hall–Kier alpha value is -1.46. The van der Waals surface area contributed by atoms with Crippen LogP contribution in [0.5, 0.6) is 0 Å². The van der Waals surface area contributed by atoms with E-state index in [1.165, 1.54) is 31.6 Å². The molecule has 0 amide bonds. The van der Waals surface area contributed by atoms with Gasteiger partial charge in [0.05, 0.1) is 0 Å². The third kappa shape index (κ3) is 4.77. The number of hydrogen-bond donors (Lipinski definition) is 2. The van der Waals surface area contributed by atoms with Crippen molar-refractivity contribution in [2.75, 3.05) is 51.2 Å². The Balaban J connectivity index is 1.43. The van der Waals surface area contributed by atoms with Crippen LogP contribution in [0.4, 0.5) is 5.69 Å². The molecular weight excluding hydrogens is 322 g/mol. The average molecular weight is 350 g/mol. The number of nitrogens with zero attached hydrogens (tertiary/aromatic N) is 3. The molecule has 2 aliphatic rings. The highest BCUT2D eigenvalue weighted by Crippen LogP contribution is 2.23. The first-order valence-corrected chi connectivity index (χ1v) is 9.32. The number of hydrogen-bond acceptors (Lipinski definition) is 3. The maximum Gasteiger partial charge on any atom is 0.191 e. The van der Waals surface area contributed by atoms with E-state index in [9.17, 15) is 0 Å². The Morgan fingerprint density at radius 2 is 2.12 bits per heavy atom. The van der Waals surface area contributed by atoms with Crippen LogP contribution in [-0.4, -0.2) is 63.2 Å². The van der Waals surface area contributed by atoms with Gasteiger partial charge in [-0.2, -0.15) is 0 Å². The van der Waals surface area contributed by atoms with Gasteiger partial charge in [-0.05, 0) is 50.6 Å². The van der Waals surface area contributed by atoms with Gasteiger partial charge in [0, 0.05) is 50.0 Å². The molecule has 132 valence electrons. The van der Waals surface area contributed by atoms with Gasteiger partial charge in [0.15, 0.2) is 5.96 Å². The van der Waals surface area contributed by atoms with E-state index in [4.69, 9.17) is 11.6 Å². The molecule has 0 saturated carbocycles. The molecule has 0 spiro atoms. The van der Waals surface area contributed by atoms with Crippen LogP contribution in [0.1, 0.15) is 19.3 Å². The number of likely N-dealkylation sites (tertiary alicyclic amines) is 1. The Bertz CT molecular complexity index is 556. The first-order chi connectivity index (χ1) is 11.7. The maximum atomic E-state index is 6.10. The zero-order valence-electron chi connectivity index (χ0n) is 14.5. The summed E-state index contributed by atoms with van der Waals surface area (Å²) in [5.41, 5.74) is 1.20. The quantitative estimate of drug-likeness (QED) is 0.631. The molecule has 2 heterocycles. The molecule has 3 rings (SSSR count). The molecule has 0 bridgehead atoms. The highest BCUT2D eigenvalue weighted by atomic mass is 35.5. The van der Waals surface area contributed by atoms with E-state index in [1.54, 1.807) is 0 Å². The van der Waals surface area contributed by atoms with Crippen LogP contribution in [0.15, 0.2) is 29.3 Å². The molecule has 1 aromatic carbocycles. The van der Waals surface area contributed by atoms with Gasteiger partial charge in [-0.15, -0.1) is 0 Å². The number of guanidine groups is 1. The first kappa shape index (κ1) is 17.4. The van der Waals surface area contributed by atoms with Crippen LogP contribution in [-0.2, 0) is 0 Å². The summed E-state index contributed by atoms with van der Waals surface area (Å²) in [4.78, 5) is 9.25. The van der Waals surface area contributed by atoms with Gasteiger partial charge in [0.25, 0.3) is 0 Å². The minimum Gasteiger partial charge on any atom is -0.369 e. The van der Waals surface area contributed by atoms with Crippen LogP contribution in [0.25, 0.3) is 0 Å². The molecule has 2 fully saturated rings. The second kappa shape index (κ2) is 8.58. The lowest BCUT2D eigenvalue weighted by Gasteiger charge is -2.21. The van der Waals surface area contributed by atoms with Crippen LogP contribution < -0.4 is 15.5 Å². The summed E-state index contributed by atoms with van der Waals surface area (Å²) in [5.74, 6) is 0.909. The van der Waals surface area contributed by atoms with E-state index in [2.05, 4.69) is 31.5 Å². The van der Waals surface area contributed by atoms with Gasteiger partial charge >= 0.3 is 0 Å². The zero-order chi connectivity index (χ0) is 16.8. The smallest absolute Gasteiger partial charge is 0.191 e. The molecular formula is C18H28ClN5. The normalized spacial score (nSPS) is 22.2. The molecule has 1 unspecified atom stereocenters. The molecule has 6 heteroatoms. The lowest BCUT2D eigenvalue weighted by atomic mass is 10.3. The summed E-state index contributed by atoms with van der Waals surface area (Å²) in [6, 6.07) is 8.51. The van der Waals surface area contributed by atoms with Gasteiger partial charge in [0.1, 0.15) is 0 Å². The minimum atomic E-state index is 0.418. The van der Waals surface area contributed by atoms with Gasteiger partial charge < -0.3 is 20.4 Å². The van der Waals surface area contributed by atoms with Crippen molar-refractivity contribution in [1.82, 2.24) is 15.5 Å². The standard InChI is InChI=1S/C18H28ClN5/c1-20-18(21-8-12-23-9-2-3-10-23)22-16-7-11-24(14-16)17-6-4-5-15(19)13-17/h4-6,13,16H,2-3,7-12,14H2,1H3,(H2,20,21,22). The summed E-state index contributed by atoms with van der Waals surface area (Å²) in [6.07, 6.45) is 3.79. The van der Waals surface area contributed by atoms with E-state index in [0.717, 1.165) is 43.6 Å². The molecule has 2 aliphatic heterocycles. The fraction of sp³-hybridized carbons (Fsp3) is 0.611. The van der Waals surface area contributed by atoms with E-state index in [1.807, 2.05) is 25.2 Å². The molecule has 0 aromatic heterocycles. The largest absolute Gasteiger partial charge is 0.369 e. The van der Waals surface area contributed by atoms with Crippen molar-refractivity contribution < 1.29 is 0 Å². The highest BCUT2D eigenvalue weighted by Gasteiger charge is 2.23. The zero-order valence-corrected chi connectivity index (χ0v) is 15.2. The topological polar surface area (TPSA) is 42.9 Å². The molecule has 0 aliphatic carbocycles. The lowest BCUT2D eigenvalue weighted by Crippen LogP contribution is -2.46. The van der Waals surface area contributed by atoms with Crippen molar-refractivity contribution in [3.8, 4) is 0 Å². The first-order valence-electron chi connectivity index (χ1n) is 8.94.